The monoisotopic (exact) mass is 941 g/mol. The van der Waals surface area contributed by atoms with Gasteiger partial charge in [-0.15, -0.1) is 11.3 Å². The van der Waals surface area contributed by atoms with Crippen LogP contribution in [0.25, 0.3) is 21.2 Å². The summed E-state index contributed by atoms with van der Waals surface area (Å²) in [5.41, 5.74) is 27.7. The minimum absolute atomic E-state index is 0.0123. The fourth-order valence-corrected chi connectivity index (χ4v) is 14.7. The number of rotatable bonds is 3. The van der Waals surface area contributed by atoms with Gasteiger partial charge in [0.25, 0.3) is 6.71 Å². The van der Waals surface area contributed by atoms with E-state index >= 15 is 0 Å². The summed E-state index contributed by atoms with van der Waals surface area (Å²) in [6.07, 6.45) is 4.69. The predicted octanol–water partition coefficient (Wildman–Crippen LogP) is 17.2. The summed E-state index contributed by atoms with van der Waals surface area (Å²) in [4.78, 5) is 5.47. The summed E-state index contributed by atoms with van der Waals surface area (Å²) in [6, 6.07) is 37.6. The van der Waals surface area contributed by atoms with Crippen LogP contribution in [0.4, 0.5) is 34.1 Å². The largest absolute Gasteiger partial charge is 0.311 e. The van der Waals surface area contributed by atoms with Gasteiger partial charge in [0.15, 0.2) is 0 Å². The molecule has 0 unspecified atom stereocenters. The van der Waals surface area contributed by atoms with Crippen LogP contribution in [0.1, 0.15) is 178 Å². The van der Waals surface area contributed by atoms with E-state index in [1.807, 2.05) is 11.3 Å². The quantitative estimate of drug-likeness (QED) is 0.163. The fourth-order valence-electron chi connectivity index (χ4n) is 13.4. The van der Waals surface area contributed by atoms with Gasteiger partial charge < -0.3 is 9.80 Å². The Bertz CT molecular complexity index is 3320. The average molecular weight is 941 g/mol. The SMILES string of the molecule is Cc1cc(C)c(-c2cc3c(cc2N2c4cc5c(cc4B4c6sc7ccc(C(C)(C)C)cc7c6N(c6ccc(C(C)(C)C)cc6)c6cc(C)cc2c64)C(C)(C)CCC5(C)C)C(C)(C)CCC3(C)C)c(C)c1. The first-order valence-electron chi connectivity index (χ1n) is 26.5. The number of hydrogen-bond donors (Lipinski definition) is 0. The van der Waals surface area contributed by atoms with Gasteiger partial charge in [-0.2, -0.15) is 0 Å². The van der Waals surface area contributed by atoms with Crippen LogP contribution >= 0.6 is 11.3 Å². The van der Waals surface area contributed by atoms with Gasteiger partial charge in [-0.25, -0.2) is 0 Å². The van der Waals surface area contributed by atoms with Crippen molar-refractivity contribution in [3.05, 3.63) is 147 Å². The van der Waals surface area contributed by atoms with Crippen LogP contribution in [-0.2, 0) is 32.5 Å². The third-order valence-electron chi connectivity index (χ3n) is 17.8. The second-order valence-corrected chi connectivity index (χ2v) is 28.2. The van der Waals surface area contributed by atoms with Gasteiger partial charge in [-0.1, -0.05) is 139 Å². The van der Waals surface area contributed by atoms with E-state index < -0.39 is 0 Å². The number of fused-ring (bicyclic) bond motifs is 8. The number of thiophene rings is 1. The molecule has 0 atom stereocenters. The minimum atomic E-state index is 0.0123. The lowest BCUT2D eigenvalue weighted by atomic mass is 9.35. The van der Waals surface area contributed by atoms with E-state index in [0.29, 0.717) is 0 Å². The summed E-state index contributed by atoms with van der Waals surface area (Å²) < 4.78 is 2.81. The highest BCUT2D eigenvalue weighted by Crippen LogP contribution is 2.56. The number of benzene rings is 6. The zero-order valence-corrected chi connectivity index (χ0v) is 46.7. The molecule has 2 nitrogen and oxygen atoms in total. The zero-order valence-electron chi connectivity index (χ0n) is 45.9. The van der Waals surface area contributed by atoms with E-state index in [0.717, 1.165) is 6.42 Å². The highest BCUT2D eigenvalue weighted by molar-refractivity contribution is 7.33. The molecule has 0 saturated carbocycles. The zero-order chi connectivity index (χ0) is 50.2. The highest BCUT2D eigenvalue weighted by atomic mass is 32.1. The molecule has 4 aliphatic rings. The highest BCUT2D eigenvalue weighted by Gasteiger charge is 2.49. The van der Waals surface area contributed by atoms with Crippen LogP contribution in [0.3, 0.4) is 0 Å². The van der Waals surface area contributed by atoms with Gasteiger partial charge in [0, 0.05) is 43.2 Å². The predicted molar refractivity (Wildman–Crippen MR) is 308 cm³/mol. The Morgan fingerprint density at radius 1 is 0.486 bits per heavy atom. The molecule has 360 valence electrons. The number of aryl methyl sites for hydroxylation is 4. The smallest absolute Gasteiger partial charge is 0.264 e. The third-order valence-corrected chi connectivity index (χ3v) is 19.0. The lowest BCUT2D eigenvalue weighted by molar-refractivity contribution is 0.332. The molecule has 0 N–H and O–H groups in total. The van der Waals surface area contributed by atoms with Crippen molar-refractivity contribution in [2.45, 2.75) is 183 Å². The Labute approximate surface area is 426 Å². The Balaban J connectivity index is 1.32. The van der Waals surface area contributed by atoms with Gasteiger partial charge in [-0.3, -0.25) is 0 Å². The lowest BCUT2D eigenvalue weighted by Crippen LogP contribution is -2.61. The van der Waals surface area contributed by atoms with Crippen molar-refractivity contribution in [1.82, 2.24) is 0 Å². The van der Waals surface area contributed by atoms with Crippen molar-refractivity contribution in [3.63, 3.8) is 0 Å². The maximum absolute atomic E-state index is 2.79. The Hall–Kier alpha value is -5.06. The van der Waals surface area contributed by atoms with Crippen molar-refractivity contribution < 1.29 is 0 Å². The summed E-state index contributed by atoms with van der Waals surface area (Å²) in [6.45, 7) is 43.4. The van der Waals surface area contributed by atoms with Gasteiger partial charge in [0.1, 0.15) is 0 Å². The Morgan fingerprint density at radius 3 is 1.50 bits per heavy atom. The summed E-state index contributed by atoms with van der Waals surface area (Å²) in [5.74, 6) is 0. The topological polar surface area (TPSA) is 6.48 Å². The van der Waals surface area contributed by atoms with Crippen LogP contribution in [0.2, 0.25) is 0 Å². The Morgan fingerprint density at radius 2 is 0.957 bits per heavy atom. The number of hydrogen-bond acceptors (Lipinski definition) is 3. The molecule has 0 saturated heterocycles. The molecule has 11 rings (SSSR count). The van der Waals surface area contributed by atoms with E-state index in [1.54, 1.807) is 0 Å². The molecular weight excluding hydrogens is 864 g/mol. The first kappa shape index (κ1) is 47.3. The van der Waals surface area contributed by atoms with E-state index in [1.165, 1.54) is 146 Å². The first-order valence-corrected chi connectivity index (χ1v) is 27.3. The molecule has 0 radical (unpaired) electrons. The van der Waals surface area contributed by atoms with Crippen molar-refractivity contribution >= 4 is 78.0 Å². The van der Waals surface area contributed by atoms with E-state index in [4.69, 9.17) is 0 Å². The van der Waals surface area contributed by atoms with E-state index in [2.05, 4.69) is 225 Å². The molecule has 4 heteroatoms. The molecule has 7 aromatic rings. The van der Waals surface area contributed by atoms with Gasteiger partial charge in [0.2, 0.25) is 0 Å². The molecule has 0 fully saturated rings. The molecule has 0 spiro atoms. The molecule has 70 heavy (non-hydrogen) atoms. The van der Waals surface area contributed by atoms with Crippen LogP contribution in [-0.4, -0.2) is 6.71 Å². The van der Waals surface area contributed by atoms with Gasteiger partial charge in [0.05, 0.1) is 11.4 Å². The van der Waals surface area contributed by atoms with Crippen molar-refractivity contribution in [2.24, 2.45) is 0 Å². The van der Waals surface area contributed by atoms with Gasteiger partial charge >= 0.3 is 0 Å². The molecule has 6 aromatic carbocycles. The van der Waals surface area contributed by atoms with Crippen molar-refractivity contribution in [2.75, 3.05) is 9.80 Å². The third kappa shape index (κ3) is 7.14. The second-order valence-electron chi connectivity index (χ2n) is 27.1. The Kier molecular flexibility index (Phi) is 10.3. The number of anilines is 6. The van der Waals surface area contributed by atoms with Crippen LogP contribution in [0, 0.1) is 27.7 Å². The standard InChI is InChI=1S/C66H77BN2S/c1-38-29-40(3)57(41(4)30-38)45-34-47-49(65(15,16)27-25-63(47,11)12)36-52(45)69-53-37-50-48(64(13,14)26-28-66(50,17)18)35-51(53)67-58-54(31-39(2)32-55(58)69)68(44-22-19-42(20-23-44)61(5,6)7)59-46-33-43(62(8,9)10)21-24-56(46)70-60(59)67/h19-24,29-37H,25-28H2,1-18H3. The first-order chi connectivity index (χ1) is 32.6. The van der Waals surface area contributed by atoms with Crippen LogP contribution in [0.15, 0.2) is 91.0 Å². The molecule has 0 bridgehead atoms. The van der Waals surface area contributed by atoms with Crippen LogP contribution < -0.4 is 25.5 Å². The normalized spacial score (nSPS) is 18.3. The maximum atomic E-state index is 2.79. The molecule has 2 aliphatic heterocycles. The summed E-state index contributed by atoms with van der Waals surface area (Å²) in [7, 11) is 0. The fraction of sp³-hybridized carbons (Fsp3) is 0.424. The van der Waals surface area contributed by atoms with Gasteiger partial charge in [-0.05, 0) is 207 Å². The summed E-state index contributed by atoms with van der Waals surface area (Å²) >= 11 is 2.03. The van der Waals surface area contributed by atoms with Crippen molar-refractivity contribution in [1.29, 1.82) is 0 Å². The molecule has 3 heterocycles. The molecule has 1 aromatic heterocycles. The number of nitrogens with zero attached hydrogens (tertiary/aromatic N) is 2. The second kappa shape index (κ2) is 15.2. The lowest BCUT2D eigenvalue weighted by Gasteiger charge is -2.48. The molecule has 2 aliphatic carbocycles. The minimum Gasteiger partial charge on any atom is -0.311 e. The molecule has 0 amide bonds. The van der Waals surface area contributed by atoms with Crippen LogP contribution in [0.5, 0.6) is 0 Å². The summed E-state index contributed by atoms with van der Waals surface area (Å²) in [5, 5.41) is 1.36. The maximum Gasteiger partial charge on any atom is 0.264 e. The van der Waals surface area contributed by atoms with E-state index in [-0.39, 0.29) is 39.2 Å². The average Bonchev–Trinajstić information content (AvgIpc) is 3.64. The molecular formula is C66H77BN2S. The van der Waals surface area contributed by atoms with Crippen molar-refractivity contribution in [3.8, 4) is 11.1 Å². The van der Waals surface area contributed by atoms with E-state index in [9.17, 15) is 0 Å².